The third-order valence-electron chi connectivity index (χ3n) is 6.28. The van der Waals surface area contributed by atoms with E-state index in [4.69, 9.17) is 4.74 Å². The van der Waals surface area contributed by atoms with E-state index in [1.54, 1.807) is 6.08 Å². The summed E-state index contributed by atoms with van der Waals surface area (Å²) >= 11 is 0. The Hall–Kier alpha value is -1.36. The molecule has 5 atom stereocenters. The molecule has 1 aliphatic carbocycles. The standard InChI is InChI=1S/C23H37FO4/c1-5-6-15-23(2,3)19(25)14-12-16-11-13-17-21(16)22(24)18(28-17)9-7-8-10-20(26)27-4/h9,12,14,16-17,19,21-22,25H,5-8,10-11,13,15H2,1-4H3/t16-,17+,19-,21-,22?/m1/s1. The molecule has 0 spiro atoms. The predicted octanol–water partition coefficient (Wildman–Crippen LogP) is 5.11. The highest BCUT2D eigenvalue weighted by Gasteiger charge is 2.49. The Balaban J connectivity index is 1.91. The van der Waals surface area contributed by atoms with Crippen molar-refractivity contribution in [3.05, 3.63) is 24.0 Å². The molecule has 0 aromatic carbocycles. The summed E-state index contributed by atoms with van der Waals surface area (Å²) in [4.78, 5) is 11.2. The molecule has 1 unspecified atom stereocenters. The van der Waals surface area contributed by atoms with Crippen molar-refractivity contribution >= 4 is 5.97 Å². The molecule has 0 bridgehead atoms. The van der Waals surface area contributed by atoms with Gasteiger partial charge in [0.15, 0.2) is 6.17 Å². The average Bonchev–Trinajstić information content (AvgIpc) is 3.21. The number of ether oxygens (including phenoxy) is 2. The first-order valence-corrected chi connectivity index (χ1v) is 10.7. The van der Waals surface area contributed by atoms with Gasteiger partial charge in [0, 0.05) is 12.3 Å². The van der Waals surface area contributed by atoms with E-state index in [0.717, 1.165) is 32.1 Å². The van der Waals surface area contributed by atoms with Crippen LogP contribution in [0.2, 0.25) is 0 Å². The lowest BCUT2D eigenvalue weighted by molar-refractivity contribution is -0.140. The molecule has 160 valence electrons. The van der Waals surface area contributed by atoms with Gasteiger partial charge in [-0.3, -0.25) is 4.79 Å². The van der Waals surface area contributed by atoms with Crippen LogP contribution in [-0.4, -0.2) is 36.6 Å². The molecule has 0 radical (unpaired) electrons. The van der Waals surface area contributed by atoms with E-state index in [1.807, 2.05) is 12.2 Å². The van der Waals surface area contributed by atoms with Gasteiger partial charge in [0.2, 0.25) is 0 Å². The highest BCUT2D eigenvalue weighted by molar-refractivity contribution is 5.69. The molecule has 1 aliphatic heterocycles. The summed E-state index contributed by atoms with van der Waals surface area (Å²) in [5.41, 5.74) is -0.170. The molecule has 4 nitrogen and oxygen atoms in total. The van der Waals surface area contributed by atoms with Crippen LogP contribution < -0.4 is 0 Å². The van der Waals surface area contributed by atoms with Crippen molar-refractivity contribution in [3.63, 3.8) is 0 Å². The second-order valence-electron chi connectivity index (χ2n) is 8.87. The Kier molecular flexibility index (Phi) is 8.54. The van der Waals surface area contributed by atoms with Crippen molar-refractivity contribution in [2.24, 2.45) is 17.3 Å². The Morgan fingerprint density at radius 2 is 2.14 bits per heavy atom. The molecule has 2 aliphatic rings. The van der Waals surface area contributed by atoms with Crippen LogP contribution in [-0.2, 0) is 14.3 Å². The van der Waals surface area contributed by atoms with Crippen molar-refractivity contribution in [2.75, 3.05) is 7.11 Å². The van der Waals surface area contributed by atoms with E-state index in [-0.39, 0.29) is 29.3 Å². The second kappa shape index (κ2) is 10.4. The van der Waals surface area contributed by atoms with Crippen LogP contribution >= 0.6 is 0 Å². The van der Waals surface area contributed by atoms with Gasteiger partial charge in [0.05, 0.1) is 13.2 Å². The summed E-state index contributed by atoms with van der Waals surface area (Å²) in [6.07, 6.45) is 10.4. The van der Waals surface area contributed by atoms with Gasteiger partial charge in [-0.05, 0) is 49.5 Å². The Labute approximate surface area is 169 Å². The lowest BCUT2D eigenvalue weighted by atomic mass is 9.80. The van der Waals surface area contributed by atoms with Crippen LogP contribution in [0.1, 0.15) is 72.1 Å². The second-order valence-corrected chi connectivity index (χ2v) is 8.87. The third kappa shape index (κ3) is 5.82. The number of esters is 1. The SMILES string of the molecule is CCCCC(C)(C)[C@H](O)C=C[C@H]1CC[C@@H]2OC(=CCCCC(=O)OC)C(F)[C@@H]21. The van der Waals surface area contributed by atoms with Crippen LogP contribution in [0.5, 0.6) is 0 Å². The zero-order valence-corrected chi connectivity index (χ0v) is 17.8. The largest absolute Gasteiger partial charge is 0.492 e. The van der Waals surface area contributed by atoms with Crippen molar-refractivity contribution in [1.29, 1.82) is 0 Å². The van der Waals surface area contributed by atoms with Gasteiger partial charge in [-0.1, -0.05) is 45.8 Å². The highest BCUT2D eigenvalue weighted by atomic mass is 19.1. The molecule has 1 N–H and O–H groups in total. The molecule has 0 aromatic rings. The quantitative estimate of drug-likeness (QED) is 0.317. The fourth-order valence-corrected chi connectivity index (χ4v) is 4.26. The topological polar surface area (TPSA) is 55.8 Å². The number of hydrogen-bond donors (Lipinski definition) is 1. The summed E-state index contributed by atoms with van der Waals surface area (Å²) in [6.45, 7) is 6.32. The van der Waals surface area contributed by atoms with Gasteiger partial charge < -0.3 is 14.6 Å². The minimum atomic E-state index is -1.11. The van der Waals surface area contributed by atoms with Crippen LogP contribution in [0.3, 0.4) is 0 Å². The highest BCUT2D eigenvalue weighted by Crippen LogP contribution is 2.47. The molecule has 1 heterocycles. The fourth-order valence-electron chi connectivity index (χ4n) is 4.26. The summed E-state index contributed by atoms with van der Waals surface area (Å²) in [7, 11) is 1.37. The monoisotopic (exact) mass is 396 g/mol. The van der Waals surface area contributed by atoms with Gasteiger partial charge in [0.1, 0.15) is 11.9 Å². The number of carbonyl (C=O) groups excluding carboxylic acids is 1. The molecule has 0 aromatic heterocycles. The minimum Gasteiger partial charge on any atom is -0.492 e. The predicted molar refractivity (Wildman–Crippen MR) is 108 cm³/mol. The van der Waals surface area contributed by atoms with Crippen LogP contribution in [0.4, 0.5) is 4.39 Å². The molecule has 28 heavy (non-hydrogen) atoms. The number of carbonyl (C=O) groups is 1. The first-order valence-electron chi connectivity index (χ1n) is 10.7. The Bertz CT molecular complexity index is 569. The number of halogens is 1. The Morgan fingerprint density at radius 3 is 2.82 bits per heavy atom. The van der Waals surface area contributed by atoms with E-state index < -0.39 is 12.3 Å². The van der Waals surface area contributed by atoms with E-state index in [2.05, 4.69) is 25.5 Å². The molecule has 1 saturated carbocycles. The smallest absolute Gasteiger partial charge is 0.305 e. The van der Waals surface area contributed by atoms with E-state index in [1.165, 1.54) is 7.11 Å². The first kappa shape index (κ1) is 22.9. The Morgan fingerprint density at radius 1 is 1.39 bits per heavy atom. The molecule has 2 fully saturated rings. The number of hydrogen-bond acceptors (Lipinski definition) is 4. The third-order valence-corrected chi connectivity index (χ3v) is 6.28. The van der Waals surface area contributed by atoms with Crippen molar-refractivity contribution in [2.45, 2.75) is 90.5 Å². The maximum Gasteiger partial charge on any atom is 0.305 e. The number of methoxy groups -OCH3 is 1. The minimum absolute atomic E-state index is 0.0817. The number of allylic oxidation sites excluding steroid dienone is 3. The molecule has 0 amide bonds. The number of fused-ring (bicyclic) bond motifs is 1. The fraction of sp³-hybridized carbons (Fsp3) is 0.783. The normalized spacial score (nSPS) is 29.9. The lowest BCUT2D eigenvalue weighted by Crippen LogP contribution is -2.28. The van der Waals surface area contributed by atoms with Crippen molar-refractivity contribution in [3.8, 4) is 0 Å². The van der Waals surface area contributed by atoms with E-state index >= 15 is 0 Å². The number of rotatable bonds is 10. The van der Waals surface area contributed by atoms with Gasteiger partial charge in [0.25, 0.3) is 0 Å². The van der Waals surface area contributed by atoms with E-state index in [9.17, 15) is 14.3 Å². The van der Waals surface area contributed by atoms with Crippen LogP contribution in [0.25, 0.3) is 0 Å². The molecular weight excluding hydrogens is 359 g/mol. The van der Waals surface area contributed by atoms with Crippen LogP contribution in [0.15, 0.2) is 24.0 Å². The summed E-state index contributed by atoms with van der Waals surface area (Å²) in [5.74, 6) is 0.0958. The van der Waals surface area contributed by atoms with Crippen molar-refractivity contribution < 1.29 is 23.8 Å². The number of aliphatic hydroxyl groups excluding tert-OH is 1. The molecule has 1 saturated heterocycles. The number of alkyl halides is 1. The van der Waals surface area contributed by atoms with Gasteiger partial charge >= 0.3 is 5.97 Å². The summed E-state index contributed by atoms with van der Waals surface area (Å²) < 4.78 is 25.5. The van der Waals surface area contributed by atoms with Gasteiger partial charge in [-0.2, -0.15) is 0 Å². The van der Waals surface area contributed by atoms with Gasteiger partial charge in [-0.15, -0.1) is 0 Å². The van der Waals surface area contributed by atoms with Crippen LogP contribution in [0, 0.1) is 17.3 Å². The zero-order valence-electron chi connectivity index (χ0n) is 17.8. The van der Waals surface area contributed by atoms with E-state index in [0.29, 0.717) is 25.0 Å². The maximum absolute atomic E-state index is 15.0. The first-order chi connectivity index (χ1) is 13.3. The lowest BCUT2D eigenvalue weighted by Gasteiger charge is -2.29. The van der Waals surface area contributed by atoms with Crippen molar-refractivity contribution in [1.82, 2.24) is 0 Å². The number of aliphatic hydroxyl groups is 1. The maximum atomic E-state index is 15.0. The average molecular weight is 397 g/mol. The van der Waals surface area contributed by atoms with Gasteiger partial charge in [-0.25, -0.2) is 4.39 Å². The zero-order chi connectivity index (χ0) is 20.7. The number of unbranched alkanes of at least 4 members (excludes halogenated alkanes) is 2. The summed E-state index contributed by atoms with van der Waals surface area (Å²) in [5, 5.41) is 10.6. The molecular formula is C23H37FO4. The molecule has 2 rings (SSSR count). The molecule has 5 heteroatoms. The summed E-state index contributed by atoms with van der Waals surface area (Å²) in [6, 6.07) is 0.